The molecule has 0 amide bonds. The van der Waals surface area contributed by atoms with Gasteiger partial charge in [-0.3, -0.25) is 0 Å². The lowest BCUT2D eigenvalue weighted by molar-refractivity contribution is 0.0555. The molecule has 0 aromatic heterocycles. The van der Waals surface area contributed by atoms with Gasteiger partial charge in [0.2, 0.25) is 10.0 Å². The largest absolute Gasteiger partial charge is 0.447 e. The van der Waals surface area contributed by atoms with Crippen LogP contribution >= 0.6 is 11.6 Å². The van der Waals surface area contributed by atoms with Crippen LogP contribution in [0.4, 0.5) is 0 Å². The molecule has 1 aromatic carbocycles. The monoisotopic (exact) mass is 330 g/mol. The fraction of sp³-hybridized carbons (Fsp3) is 0.385. The summed E-state index contributed by atoms with van der Waals surface area (Å²) < 4.78 is 30.7. The van der Waals surface area contributed by atoms with Crippen LogP contribution in [0.2, 0.25) is 5.02 Å². The average Bonchev–Trinajstić information content (AvgIpc) is 2.46. The highest BCUT2D eigenvalue weighted by molar-refractivity contribution is 7.89. The zero-order valence-corrected chi connectivity index (χ0v) is 13.2. The van der Waals surface area contributed by atoms with E-state index in [4.69, 9.17) is 16.9 Å². The van der Waals surface area contributed by atoms with E-state index in [1.54, 1.807) is 19.9 Å². The van der Waals surface area contributed by atoms with Crippen LogP contribution in [0.3, 0.4) is 0 Å². The second-order valence-electron chi connectivity index (χ2n) is 3.97. The van der Waals surface area contributed by atoms with Gasteiger partial charge in [0.15, 0.2) is 6.61 Å². The Morgan fingerprint density at radius 1 is 1.38 bits per heavy atom. The maximum Gasteiger partial charge on any atom is 0.340 e. The predicted molar refractivity (Wildman–Crippen MR) is 77.5 cm³/mol. The van der Waals surface area contributed by atoms with E-state index in [1.807, 2.05) is 0 Å². The number of carbonyl (C=O) groups excluding carboxylic acids is 1. The summed E-state index contributed by atoms with van der Waals surface area (Å²) in [6, 6.07) is 5.47. The SMILES string of the molecule is CCN(CC)S(=O)(=O)c1ccc(Cl)c(C(=O)OCC#N)c1. The first-order valence-electron chi connectivity index (χ1n) is 6.22. The van der Waals surface area contributed by atoms with Gasteiger partial charge < -0.3 is 4.74 Å². The Morgan fingerprint density at radius 3 is 2.52 bits per heavy atom. The van der Waals surface area contributed by atoms with E-state index < -0.39 is 22.6 Å². The van der Waals surface area contributed by atoms with Gasteiger partial charge in [-0.05, 0) is 18.2 Å². The number of nitriles is 1. The van der Waals surface area contributed by atoms with Gasteiger partial charge in [0.05, 0.1) is 15.5 Å². The Kier molecular flexibility index (Phi) is 6.15. The van der Waals surface area contributed by atoms with E-state index in [1.165, 1.54) is 16.4 Å². The van der Waals surface area contributed by atoms with Gasteiger partial charge in [-0.1, -0.05) is 25.4 Å². The first-order chi connectivity index (χ1) is 9.88. The molecule has 0 N–H and O–H groups in total. The van der Waals surface area contributed by atoms with E-state index >= 15 is 0 Å². The Hall–Kier alpha value is -1.62. The van der Waals surface area contributed by atoms with E-state index in [2.05, 4.69) is 4.74 Å². The maximum atomic E-state index is 12.4. The number of benzene rings is 1. The molecule has 6 nitrogen and oxygen atoms in total. The minimum Gasteiger partial charge on any atom is -0.447 e. The lowest BCUT2D eigenvalue weighted by atomic mass is 10.2. The van der Waals surface area contributed by atoms with Gasteiger partial charge in [-0.15, -0.1) is 0 Å². The Bertz CT molecular complexity index is 663. The summed E-state index contributed by atoms with van der Waals surface area (Å²) in [5, 5.41) is 8.46. The normalized spacial score (nSPS) is 11.2. The van der Waals surface area contributed by atoms with E-state index in [0.717, 1.165) is 6.07 Å². The first kappa shape index (κ1) is 17.4. The molecule has 114 valence electrons. The first-order valence-corrected chi connectivity index (χ1v) is 8.04. The summed E-state index contributed by atoms with van der Waals surface area (Å²) in [6.07, 6.45) is 0. The predicted octanol–water partition coefficient (Wildman–Crippen LogP) is 2.05. The molecule has 0 aliphatic rings. The molecule has 1 aromatic rings. The third-order valence-corrected chi connectivity index (χ3v) is 5.14. The molecule has 0 radical (unpaired) electrons. The van der Waals surface area contributed by atoms with Crippen LogP contribution < -0.4 is 0 Å². The highest BCUT2D eigenvalue weighted by Gasteiger charge is 2.24. The maximum absolute atomic E-state index is 12.4. The molecule has 0 saturated heterocycles. The third-order valence-electron chi connectivity index (χ3n) is 2.77. The molecule has 0 heterocycles. The highest BCUT2D eigenvalue weighted by atomic mass is 35.5. The van der Waals surface area contributed by atoms with E-state index in [-0.39, 0.29) is 15.5 Å². The van der Waals surface area contributed by atoms with Crippen molar-refractivity contribution in [1.29, 1.82) is 5.26 Å². The number of esters is 1. The molecule has 0 bridgehead atoms. The van der Waals surface area contributed by atoms with Crippen LogP contribution in [0.15, 0.2) is 23.1 Å². The quantitative estimate of drug-likeness (QED) is 0.745. The molecule has 0 aliphatic carbocycles. The number of halogens is 1. The number of carbonyl (C=O) groups is 1. The Labute approximate surface area is 128 Å². The second-order valence-corrected chi connectivity index (χ2v) is 6.31. The van der Waals surface area contributed by atoms with Gasteiger partial charge in [0.25, 0.3) is 0 Å². The molecule has 0 fully saturated rings. The third kappa shape index (κ3) is 3.94. The average molecular weight is 331 g/mol. The topological polar surface area (TPSA) is 87.5 Å². The smallest absolute Gasteiger partial charge is 0.340 e. The number of sulfonamides is 1. The molecule has 1 rings (SSSR count). The Morgan fingerprint density at radius 2 is 2.00 bits per heavy atom. The van der Waals surface area contributed by atoms with Crippen molar-refractivity contribution >= 4 is 27.6 Å². The minimum atomic E-state index is -3.69. The summed E-state index contributed by atoms with van der Waals surface area (Å²) in [5.41, 5.74) is -0.0832. The Balaban J connectivity index is 3.24. The van der Waals surface area contributed by atoms with Gasteiger partial charge >= 0.3 is 5.97 Å². The number of rotatable bonds is 6. The molecule has 8 heteroatoms. The van der Waals surface area contributed by atoms with Crippen molar-refractivity contribution in [2.24, 2.45) is 0 Å². The van der Waals surface area contributed by atoms with E-state index in [0.29, 0.717) is 13.1 Å². The summed E-state index contributed by atoms with van der Waals surface area (Å²) in [7, 11) is -3.69. The standard InChI is InChI=1S/C13H15ClN2O4S/c1-3-16(4-2)21(18,19)10-5-6-12(14)11(9-10)13(17)20-8-7-15/h5-6,9H,3-4,8H2,1-2H3. The molecule has 0 atom stereocenters. The molecular formula is C13H15ClN2O4S. The summed E-state index contributed by atoms with van der Waals surface area (Å²) in [5.74, 6) is -0.835. The van der Waals surface area contributed by atoms with Gasteiger partial charge in [-0.25, -0.2) is 13.2 Å². The molecule has 21 heavy (non-hydrogen) atoms. The van der Waals surface area contributed by atoms with Gasteiger partial charge in [0.1, 0.15) is 6.07 Å². The molecule has 0 spiro atoms. The molecule has 0 aliphatic heterocycles. The number of hydrogen-bond acceptors (Lipinski definition) is 5. The summed E-state index contributed by atoms with van der Waals surface area (Å²) in [6.45, 7) is 3.64. The van der Waals surface area contributed by atoms with Crippen LogP contribution in [-0.2, 0) is 14.8 Å². The summed E-state index contributed by atoms with van der Waals surface area (Å²) >= 11 is 5.88. The fourth-order valence-corrected chi connectivity index (χ4v) is 3.39. The van der Waals surface area contributed by atoms with Crippen LogP contribution in [0, 0.1) is 11.3 Å². The van der Waals surface area contributed by atoms with Crippen molar-refractivity contribution in [3.05, 3.63) is 28.8 Å². The van der Waals surface area contributed by atoms with Crippen molar-refractivity contribution in [3.63, 3.8) is 0 Å². The van der Waals surface area contributed by atoms with Crippen molar-refractivity contribution < 1.29 is 17.9 Å². The van der Waals surface area contributed by atoms with Crippen molar-refractivity contribution in [2.75, 3.05) is 19.7 Å². The van der Waals surface area contributed by atoms with Gasteiger partial charge in [-0.2, -0.15) is 9.57 Å². The lowest BCUT2D eigenvalue weighted by Crippen LogP contribution is -2.30. The highest BCUT2D eigenvalue weighted by Crippen LogP contribution is 2.23. The molecule has 0 saturated carbocycles. The fourth-order valence-electron chi connectivity index (χ4n) is 1.71. The van der Waals surface area contributed by atoms with Crippen LogP contribution in [0.1, 0.15) is 24.2 Å². The zero-order chi connectivity index (χ0) is 16.0. The van der Waals surface area contributed by atoms with Crippen LogP contribution in [0.25, 0.3) is 0 Å². The number of hydrogen-bond donors (Lipinski definition) is 0. The van der Waals surface area contributed by atoms with Gasteiger partial charge in [0, 0.05) is 13.1 Å². The van der Waals surface area contributed by atoms with Crippen molar-refractivity contribution in [1.82, 2.24) is 4.31 Å². The molecule has 0 unspecified atom stereocenters. The molecular weight excluding hydrogens is 316 g/mol. The summed E-state index contributed by atoms with van der Waals surface area (Å²) in [4.78, 5) is 11.7. The van der Waals surface area contributed by atoms with Crippen molar-refractivity contribution in [3.8, 4) is 6.07 Å². The zero-order valence-electron chi connectivity index (χ0n) is 11.7. The van der Waals surface area contributed by atoms with Crippen LogP contribution in [-0.4, -0.2) is 38.4 Å². The van der Waals surface area contributed by atoms with E-state index in [9.17, 15) is 13.2 Å². The second kappa shape index (κ2) is 7.41. The van der Waals surface area contributed by atoms with Crippen LogP contribution in [0.5, 0.6) is 0 Å². The number of ether oxygens (including phenoxy) is 1. The van der Waals surface area contributed by atoms with Crippen molar-refractivity contribution in [2.45, 2.75) is 18.7 Å². The lowest BCUT2D eigenvalue weighted by Gasteiger charge is -2.18. The minimum absolute atomic E-state index is 0.0421. The number of nitrogens with zero attached hydrogens (tertiary/aromatic N) is 2.